The van der Waals surface area contributed by atoms with E-state index < -0.39 is 5.41 Å². The van der Waals surface area contributed by atoms with Crippen LogP contribution >= 0.6 is 0 Å². The lowest BCUT2D eigenvalue weighted by molar-refractivity contribution is -0.139. The smallest absolute Gasteiger partial charge is 0.242 e. The average molecular weight is 236 g/mol. The second-order valence-corrected chi connectivity index (χ2v) is 5.36. The summed E-state index contributed by atoms with van der Waals surface area (Å²) in [5.74, 6) is -0.00519. The summed E-state index contributed by atoms with van der Waals surface area (Å²) in [5.41, 5.74) is -0.846. The molecule has 17 heavy (non-hydrogen) atoms. The maximum absolute atomic E-state index is 12.3. The Balaban J connectivity index is 2.71. The molecule has 1 rings (SSSR count). The lowest BCUT2D eigenvalue weighted by Crippen LogP contribution is -2.44. The van der Waals surface area contributed by atoms with E-state index in [1.54, 1.807) is 6.92 Å². The van der Waals surface area contributed by atoms with Crippen molar-refractivity contribution in [3.05, 3.63) is 0 Å². The fourth-order valence-corrected chi connectivity index (χ4v) is 2.48. The third-order valence-electron chi connectivity index (χ3n) is 4.12. The molecule has 1 unspecified atom stereocenters. The molecule has 1 aliphatic carbocycles. The standard InChI is InChI=1S/C14H24N2O/c1-4-14(2,11-15)13(17)16(3)12-9-7-5-6-8-10-12/h12H,4-10H2,1-3H3. The van der Waals surface area contributed by atoms with Gasteiger partial charge in [0.25, 0.3) is 0 Å². The molecule has 0 radical (unpaired) electrons. The summed E-state index contributed by atoms with van der Waals surface area (Å²) in [4.78, 5) is 14.2. The molecule has 0 bridgehead atoms. The van der Waals surface area contributed by atoms with Gasteiger partial charge in [0.05, 0.1) is 6.07 Å². The summed E-state index contributed by atoms with van der Waals surface area (Å²) >= 11 is 0. The van der Waals surface area contributed by atoms with Crippen molar-refractivity contribution in [2.75, 3.05) is 7.05 Å². The van der Waals surface area contributed by atoms with Gasteiger partial charge in [0.1, 0.15) is 5.41 Å². The third-order valence-corrected chi connectivity index (χ3v) is 4.12. The molecule has 3 nitrogen and oxygen atoms in total. The fraction of sp³-hybridized carbons (Fsp3) is 0.857. The molecule has 1 fully saturated rings. The van der Waals surface area contributed by atoms with E-state index in [-0.39, 0.29) is 5.91 Å². The largest absolute Gasteiger partial charge is 0.341 e. The van der Waals surface area contributed by atoms with Gasteiger partial charge in [0.2, 0.25) is 5.91 Å². The van der Waals surface area contributed by atoms with Gasteiger partial charge in [0.15, 0.2) is 0 Å². The molecule has 0 saturated heterocycles. The highest BCUT2D eigenvalue weighted by molar-refractivity contribution is 5.85. The zero-order chi connectivity index (χ0) is 12.9. The van der Waals surface area contributed by atoms with Gasteiger partial charge < -0.3 is 4.90 Å². The van der Waals surface area contributed by atoms with Gasteiger partial charge in [0, 0.05) is 13.1 Å². The normalized spacial score (nSPS) is 21.1. The topological polar surface area (TPSA) is 44.1 Å². The van der Waals surface area contributed by atoms with Crippen LogP contribution in [0.4, 0.5) is 0 Å². The molecule has 0 aromatic heterocycles. The van der Waals surface area contributed by atoms with Crippen LogP contribution in [0.25, 0.3) is 0 Å². The third kappa shape index (κ3) is 3.21. The van der Waals surface area contributed by atoms with Crippen LogP contribution in [-0.4, -0.2) is 23.9 Å². The van der Waals surface area contributed by atoms with Gasteiger partial charge in [-0.3, -0.25) is 4.79 Å². The summed E-state index contributed by atoms with van der Waals surface area (Å²) in [6, 6.07) is 2.51. The van der Waals surface area contributed by atoms with Gasteiger partial charge in [-0.2, -0.15) is 5.26 Å². The molecular formula is C14H24N2O. The molecule has 0 N–H and O–H groups in total. The van der Waals surface area contributed by atoms with Crippen LogP contribution in [0.1, 0.15) is 58.8 Å². The molecular weight excluding hydrogens is 212 g/mol. The molecule has 0 spiro atoms. The van der Waals surface area contributed by atoms with Gasteiger partial charge in [-0.1, -0.05) is 32.6 Å². The van der Waals surface area contributed by atoms with Crippen LogP contribution in [0.15, 0.2) is 0 Å². The number of hydrogen-bond acceptors (Lipinski definition) is 2. The van der Waals surface area contributed by atoms with Crippen molar-refractivity contribution in [3.63, 3.8) is 0 Å². The highest BCUT2D eigenvalue weighted by atomic mass is 16.2. The van der Waals surface area contributed by atoms with Crippen molar-refractivity contribution >= 4 is 5.91 Å². The van der Waals surface area contributed by atoms with Crippen molar-refractivity contribution in [1.82, 2.24) is 4.90 Å². The van der Waals surface area contributed by atoms with E-state index >= 15 is 0 Å². The number of carbonyl (C=O) groups excluding carboxylic acids is 1. The summed E-state index contributed by atoms with van der Waals surface area (Å²) in [6.45, 7) is 3.66. The molecule has 1 atom stereocenters. The molecule has 0 aromatic rings. The van der Waals surface area contributed by atoms with E-state index in [9.17, 15) is 4.79 Å². The minimum Gasteiger partial charge on any atom is -0.341 e. The summed E-state index contributed by atoms with van der Waals surface area (Å²) in [7, 11) is 1.86. The average Bonchev–Trinajstić information content (AvgIpc) is 2.64. The summed E-state index contributed by atoms with van der Waals surface area (Å²) in [6.07, 6.45) is 7.74. The number of amides is 1. The molecule has 96 valence electrons. The van der Waals surface area contributed by atoms with Crippen LogP contribution in [-0.2, 0) is 4.79 Å². The SMILES string of the molecule is CCC(C)(C#N)C(=O)N(C)C1CCCCCC1. The predicted octanol–water partition coefficient (Wildman–Crippen LogP) is 3.11. The maximum atomic E-state index is 12.3. The van der Waals surface area contributed by atoms with Gasteiger partial charge in [-0.25, -0.2) is 0 Å². The Morgan fingerprint density at radius 2 is 1.88 bits per heavy atom. The van der Waals surface area contributed by atoms with E-state index in [0.717, 1.165) is 12.8 Å². The number of hydrogen-bond donors (Lipinski definition) is 0. The van der Waals surface area contributed by atoms with Crippen molar-refractivity contribution in [3.8, 4) is 6.07 Å². The first kappa shape index (κ1) is 14.0. The number of rotatable bonds is 3. The Bertz CT molecular complexity index is 300. The van der Waals surface area contributed by atoms with Crippen LogP contribution in [0.3, 0.4) is 0 Å². The number of nitriles is 1. The zero-order valence-electron chi connectivity index (χ0n) is 11.3. The van der Waals surface area contributed by atoms with Crippen LogP contribution < -0.4 is 0 Å². The van der Waals surface area contributed by atoms with Crippen molar-refractivity contribution in [1.29, 1.82) is 5.26 Å². The fourth-order valence-electron chi connectivity index (χ4n) is 2.48. The first-order valence-electron chi connectivity index (χ1n) is 6.73. The summed E-state index contributed by atoms with van der Waals surface area (Å²) in [5, 5.41) is 9.16. The van der Waals surface area contributed by atoms with Crippen molar-refractivity contribution in [2.45, 2.75) is 64.8 Å². The molecule has 0 aliphatic heterocycles. The molecule has 3 heteroatoms. The Labute approximate surface area is 105 Å². The monoisotopic (exact) mass is 236 g/mol. The molecule has 1 aliphatic rings. The molecule has 0 aromatic carbocycles. The number of carbonyl (C=O) groups is 1. The minimum absolute atomic E-state index is 0.00519. The molecule has 0 heterocycles. The lowest BCUT2D eigenvalue weighted by atomic mass is 9.87. The quantitative estimate of drug-likeness (QED) is 0.707. The minimum atomic E-state index is -0.846. The zero-order valence-corrected chi connectivity index (χ0v) is 11.3. The van der Waals surface area contributed by atoms with Crippen LogP contribution in [0.5, 0.6) is 0 Å². The Morgan fingerprint density at radius 3 is 2.29 bits per heavy atom. The van der Waals surface area contributed by atoms with Crippen molar-refractivity contribution in [2.24, 2.45) is 5.41 Å². The Morgan fingerprint density at radius 1 is 1.35 bits per heavy atom. The van der Waals surface area contributed by atoms with E-state index in [4.69, 9.17) is 5.26 Å². The van der Waals surface area contributed by atoms with Crippen LogP contribution in [0.2, 0.25) is 0 Å². The predicted molar refractivity (Wildman–Crippen MR) is 68.3 cm³/mol. The van der Waals surface area contributed by atoms with Gasteiger partial charge >= 0.3 is 0 Å². The highest BCUT2D eigenvalue weighted by Gasteiger charge is 2.36. The second kappa shape index (κ2) is 6.05. The van der Waals surface area contributed by atoms with E-state index in [2.05, 4.69) is 6.07 Å². The Kier molecular flexibility index (Phi) is 4.99. The van der Waals surface area contributed by atoms with Crippen LogP contribution in [0, 0.1) is 16.7 Å². The van der Waals surface area contributed by atoms with E-state index in [0.29, 0.717) is 12.5 Å². The van der Waals surface area contributed by atoms with Crippen molar-refractivity contribution < 1.29 is 4.79 Å². The van der Waals surface area contributed by atoms with Gasteiger partial charge in [-0.15, -0.1) is 0 Å². The first-order chi connectivity index (χ1) is 8.05. The highest BCUT2D eigenvalue weighted by Crippen LogP contribution is 2.27. The number of nitrogens with zero attached hydrogens (tertiary/aromatic N) is 2. The molecule has 1 saturated carbocycles. The van der Waals surface area contributed by atoms with E-state index in [1.165, 1.54) is 25.7 Å². The molecule has 1 amide bonds. The second-order valence-electron chi connectivity index (χ2n) is 5.36. The maximum Gasteiger partial charge on any atom is 0.242 e. The summed E-state index contributed by atoms with van der Waals surface area (Å²) < 4.78 is 0. The first-order valence-corrected chi connectivity index (χ1v) is 6.73. The van der Waals surface area contributed by atoms with E-state index in [1.807, 2.05) is 18.9 Å². The Hall–Kier alpha value is -1.04. The lowest BCUT2D eigenvalue weighted by Gasteiger charge is -2.32. The van der Waals surface area contributed by atoms with Gasteiger partial charge in [-0.05, 0) is 26.2 Å².